The first kappa shape index (κ1) is 12.9. The third-order valence-electron chi connectivity index (χ3n) is 3.59. The molecular weight excluding hydrogens is 233 g/mol. The summed E-state index contributed by atoms with van der Waals surface area (Å²) in [5.41, 5.74) is 0.289. The van der Waals surface area contributed by atoms with Crippen molar-refractivity contribution in [3.8, 4) is 5.75 Å². The molecule has 0 aromatic heterocycles. The van der Waals surface area contributed by atoms with E-state index in [0.717, 1.165) is 18.9 Å². The summed E-state index contributed by atoms with van der Waals surface area (Å²) in [4.78, 5) is 13.8. The molecule has 0 radical (unpaired) electrons. The number of carbonyl (C=O) groups excluding carboxylic acids is 1. The molecule has 1 N–H and O–H groups in total. The van der Waals surface area contributed by atoms with Crippen molar-refractivity contribution in [1.29, 1.82) is 0 Å². The molecule has 1 aliphatic rings. The summed E-state index contributed by atoms with van der Waals surface area (Å²) < 4.78 is 13.6. The fourth-order valence-electron chi connectivity index (χ4n) is 2.16. The predicted octanol–water partition coefficient (Wildman–Crippen LogP) is 2.79. The number of likely N-dealkylation sites (tertiary alicyclic amines) is 1. The molecular formula is C14H18FNO2. The Morgan fingerprint density at radius 3 is 2.50 bits per heavy atom. The van der Waals surface area contributed by atoms with Gasteiger partial charge in [-0.2, -0.15) is 0 Å². The Labute approximate surface area is 106 Å². The van der Waals surface area contributed by atoms with Crippen LogP contribution in [0.4, 0.5) is 4.39 Å². The number of halogens is 1. The summed E-state index contributed by atoms with van der Waals surface area (Å²) >= 11 is 0. The zero-order valence-corrected chi connectivity index (χ0v) is 10.7. The van der Waals surface area contributed by atoms with Crippen molar-refractivity contribution in [2.24, 2.45) is 5.41 Å². The summed E-state index contributed by atoms with van der Waals surface area (Å²) in [6, 6.07) is 3.65. The fraction of sp³-hybridized carbons (Fsp3) is 0.500. The summed E-state index contributed by atoms with van der Waals surface area (Å²) in [6.07, 6.45) is 1.86. The standard InChI is InChI=1S/C14H18FNO2/c1-14(2)5-7-16(8-6-14)13(18)11-4-3-10(17)9-12(11)15/h3-4,9,17H,5-8H2,1-2H3. The van der Waals surface area contributed by atoms with E-state index in [1.54, 1.807) is 4.90 Å². The Bertz CT molecular complexity index is 461. The van der Waals surface area contributed by atoms with Crippen molar-refractivity contribution >= 4 is 5.91 Å². The summed E-state index contributed by atoms with van der Waals surface area (Å²) in [5.74, 6) is -1.11. The Morgan fingerprint density at radius 1 is 1.33 bits per heavy atom. The van der Waals surface area contributed by atoms with Crippen LogP contribution in [0.25, 0.3) is 0 Å². The molecule has 1 aliphatic heterocycles. The van der Waals surface area contributed by atoms with Gasteiger partial charge < -0.3 is 10.0 Å². The number of phenols is 1. The van der Waals surface area contributed by atoms with Gasteiger partial charge in [0.05, 0.1) is 5.56 Å². The molecule has 0 saturated carbocycles. The molecule has 0 bridgehead atoms. The van der Waals surface area contributed by atoms with E-state index in [-0.39, 0.29) is 22.6 Å². The van der Waals surface area contributed by atoms with Gasteiger partial charge in [-0.3, -0.25) is 4.79 Å². The number of piperidine rings is 1. The molecule has 1 saturated heterocycles. The van der Waals surface area contributed by atoms with Crippen molar-refractivity contribution in [3.05, 3.63) is 29.6 Å². The lowest BCUT2D eigenvalue weighted by atomic mass is 9.82. The molecule has 1 heterocycles. The Morgan fingerprint density at radius 2 is 1.94 bits per heavy atom. The van der Waals surface area contributed by atoms with Gasteiger partial charge in [-0.05, 0) is 30.4 Å². The molecule has 1 fully saturated rings. The number of aromatic hydroxyl groups is 1. The number of hydrogen-bond acceptors (Lipinski definition) is 2. The molecule has 4 heteroatoms. The molecule has 1 aromatic rings. The monoisotopic (exact) mass is 251 g/mol. The van der Waals surface area contributed by atoms with Gasteiger partial charge in [0.1, 0.15) is 11.6 Å². The van der Waals surface area contributed by atoms with Crippen molar-refractivity contribution < 1.29 is 14.3 Å². The lowest BCUT2D eigenvalue weighted by molar-refractivity contribution is 0.0625. The van der Waals surface area contributed by atoms with Gasteiger partial charge in [-0.15, -0.1) is 0 Å². The third kappa shape index (κ3) is 2.63. The van der Waals surface area contributed by atoms with Crippen molar-refractivity contribution in [1.82, 2.24) is 4.90 Å². The van der Waals surface area contributed by atoms with Crippen LogP contribution in [0.5, 0.6) is 5.75 Å². The molecule has 18 heavy (non-hydrogen) atoms. The van der Waals surface area contributed by atoms with Crippen LogP contribution in [0.3, 0.4) is 0 Å². The predicted molar refractivity (Wildman–Crippen MR) is 67.0 cm³/mol. The SMILES string of the molecule is CC1(C)CCN(C(=O)c2ccc(O)cc2F)CC1. The van der Waals surface area contributed by atoms with Crippen LogP contribution in [0.1, 0.15) is 37.0 Å². The summed E-state index contributed by atoms with van der Waals surface area (Å²) in [7, 11) is 0. The number of nitrogens with zero attached hydrogens (tertiary/aromatic N) is 1. The number of hydrogen-bond donors (Lipinski definition) is 1. The van der Waals surface area contributed by atoms with Gasteiger partial charge >= 0.3 is 0 Å². The Hall–Kier alpha value is -1.58. The highest BCUT2D eigenvalue weighted by molar-refractivity contribution is 5.94. The molecule has 1 aromatic carbocycles. The number of phenolic OH excluding ortho intramolecular Hbond substituents is 1. The van der Waals surface area contributed by atoms with Gasteiger partial charge in [0.25, 0.3) is 5.91 Å². The van der Waals surface area contributed by atoms with Gasteiger partial charge in [0, 0.05) is 19.2 Å². The summed E-state index contributed by atoms with van der Waals surface area (Å²) in [6.45, 7) is 5.67. The molecule has 2 rings (SSSR count). The smallest absolute Gasteiger partial charge is 0.256 e. The van der Waals surface area contributed by atoms with E-state index < -0.39 is 5.82 Å². The number of rotatable bonds is 1. The molecule has 98 valence electrons. The maximum absolute atomic E-state index is 13.6. The van der Waals surface area contributed by atoms with E-state index in [4.69, 9.17) is 5.11 Å². The highest BCUT2D eigenvalue weighted by Gasteiger charge is 2.29. The summed E-state index contributed by atoms with van der Waals surface area (Å²) in [5, 5.41) is 9.13. The third-order valence-corrected chi connectivity index (χ3v) is 3.59. The number of amides is 1. The van der Waals surface area contributed by atoms with Crippen molar-refractivity contribution in [2.75, 3.05) is 13.1 Å². The topological polar surface area (TPSA) is 40.5 Å². The van der Waals surface area contributed by atoms with Crippen LogP contribution < -0.4 is 0 Å². The van der Waals surface area contributed by atoms with Crippen molar-refractivity contribution in [2.45, 2.75) is 26.7 Å². The van der Waals surface area contributed by atoms with Crippen LogP contribution in [0.2, 0.25) is 0 Å². The fourth-order valence-corrected chi connectivity index (χ4v) is 2.16. The van der Waals surface area contributed by atoms with Gasteiger partial charge in [-0.25, -0.2) is 4.39 Å². The van der Waals surface area contributed by atoms with Gasteiger partial charge in [-0.1, -0.05) is 13.8 Å². The lowest BCUT2D eigenvalue weighted by Crippen LogP contribution is -2.41. The van der Waals surface area contributed by atoms with E-state index in [1.807, 2.05) is 0 Å². The zero-order chi connectivity index (χ0) is 13.3. The lowest BCUT2D eigenvalue weighted by Gasteiger charge is -2.37. The van der Waals surface area contributed by atoms with E-state index in [2.05, 4.69) is 13.8 Å². The van der Waals surface area contributed by atoms with E-state index >= 15 is 0 Å². The number of carbonyl (C=O) groups is 1. The maximum Gasteiger partial charge on any atom is 0.256 e. The molecule has 0 unspecified atom stereocenters. The highest BCUT2D eigenvalue weighted by Crippen LogP contribution is 2.30. The molecule has 0 spiro atoms. The van der Waals surface area contributed by atoms with Crippen LogP contribution in [0, 0.1) is 11.2 Å². The first-order valence-corrected chi connectivity index (χ1v) is 6.17. The Balaban J connectivity index is 2.13. The molecule has 0 aliphatic carbocycles. The van der Waals surface area contributed by atoms with E-state index in [1.165, 1.54) is 12.1 Å². The van der Waals surface area contributed by atoms with Crippen LogP contribution in [-0.2, 0) is 0 Å². The van der Waals surface area contributed by atoms with Gasteiger partial charge in [0.15, 0.2) is 0 Å². The second-order valence-electron chi connectivity index (χ2n) is 5.62. The zero-order valence-electron chi connectivity index (χ0n) is 10.7. The highest BCUT2D eigenvalue weighted by atomic mass is 19.1. The largest absolute Gasteiger partial charge is 0.508 e. The maximum atomic E-state index is 13.6. The van der Waals surface area contributed by atoms with E-state index in [0.29, 0.717) is 13.1 Å². The van der Waals surface area contributed by atoms with Crippen LogP contribution in [-0.4, -0.2) is 29.0 Å². The second kappa shape index (κ2) is 4.59. The van der Waals surface area contributed by atoms with Crippen LogP contribution in [0.15, 0.2) is 18.2 Å². The minimum atomic E-state index is -0.662. The molecule has 3 nitrogen and oxygen atoms in total. The van der Waals surface area contributed by atoms with E-state index in [9.17, 15) is 9.18 Å². The molecule has 0 atom stereocenters. The quantitative estimate of drug-likeness (QED) is 0.833. The van der Waals surface area contributed by atoms with Crippen molar-refractivity contribution in [3.63, 3.8) is 0 Å². The first-order chi connectivity index (χ1) is 8.39. The average molecular weight is 251 g/mol. The molecule has 1 amide bonds. The number of benzene rings is 1. The average Bonchev–Trinajstić information content (AvgIpc) is 2.28. The van der Waals surface area contributed by atoms with Crippen LogP contribution >= 0.6 is 0 Å². The van der Waals surface area contributed by atoms with Gasteiger partial charge in [0.2, 0.25) is 0 Å². The second-order valence-corrected chi connectivity index (χ2v) is 5.62. The minimum absolute atomic E-state index is 0.0347. The minimum Gasteiger partial charge on any atom is -0.508 e. The Kier molecular flexibility index (Phi) is 3.28. The first-order valence-electron chi connectivity index (χ1n) is 6.17. The normalized spacial score (nSPS) is 18.7.